The summed E-state index contributed by atoms with van der Waals surface area (Å²) in [6, 6.07) is 31.5. The van der Waals surface area contributed by atoms with Crippen LogP contribution in [0.3, 0.4) is 0 Å². The van der Waals surface area contributed by atoms with Gasteiger partial charge in [0.25, 0.3) is 0 Å². The maximum atomic E-state index is 13.6. The van der Waals surface area contributed by atoms with E-state index >= 15 is 0 Å². The number of carbonyl (C=O) groups is 1. The van der Waals surface area contributed by atoms with Gasteiger partial charge in [-0.1, -0.05) is 61.2 Å². The molecule has 0 saturated carbocycles. The van der Waals surface area contributed by atoms with E-state index in [2.05, 4.69) is 19.1 Å². The molecule has 5 rings (SSSR count). The monoisotopic (exact) mass is 493 g/mol. The van der Waals surface area contributed by atoms with Gasteiger partial charge in [0.2, 0.25) is 5.91 Å². The lowest BCUT2D eigenvalue weighted by Crippen LogP contribution is -2.27. The Morgan fingerprint density at radius 1 is 0.833 bits per heavy atom. The molecule has 0 saturated heterocycles. The molecule has 0 radical (unpaired) electrons. The number of benzene rings is 4. The Morgan fingerprint density at radius 2 is 1.47 bits per heavy atom. The van der Waals surface area contributed by atoms with Crippen LogP contribution < -0.4 is 4.90 Å². The van der Waals surface area contributed by atoms with Crippen LogP contribution in [0.15, 0.2) is 108 Å². The largest absolute Gasteiger partial charge is 0.280 e. The first-order valence-corrected chi connectivity index (χ1v) is 12.7. The molecule has 36 heavy (non-hydrogen) atoms. The lowest BCUT2D eigenvalue weighted by atomic mass is 10.1. The minimum atomic E-state index is -0.311. The Labute approximate surface area is 213 Å². The van der Waals surface area contributed by atoms with E-state index < -0.39 is 0 Å². The fourth-order valence-corrected chi connectivity index (χ4v) is 4.85. The van der Waals surface area contributed by atoms with Gasteiger partial charge in [-0.15, -0.1) is 0 Å². The predicted octanol–water partition coefficient (Wildman–Crippen LogP) is 7.46. The van der Waals surface area contributed by atoms with E-state index in [0.29, 0.717) is 5.82 Å². The number of hydrogen-bond acceptors (Lipinski definition) is 4. The molecule has 0 aliphatic rings. The number of anilines is 2. The molecule has 0 aliphatic heterocycles. The van der Waals surface area contributed by atoms with Gasteiger partial charge < -0.3 is 0 Å². The van der Waals surface area contributed by atoms with Crippen LogP contribution in [0.1, 0.15) is 12.5 Å². The van der Waals surface area contributed by atoms with Crippen molar-refractivity contribution in [3.63, 3.8) is 0 Å². The van der Waals surface area contributed by atoms with Gasteiger partial charge in [0.05, 0.1) is 11.3 Å². The standard InChI is InChI=1S/C30H24FN3OS/c1-2-21-13-18-27-26(19-21)30(33-29(32-27)22-14-16-23(31)17-15-22)36-20-28(35)34(24-9-5-3-6-10-24)25-11-7-4-8-12-25/h3-19H,2,20H2,1H3. The van der Waals surface area contributed by atoms with Gasteiger partial charge in [-0.25, -0.2) is 14.4 Å². The maximum Gasteiger partial charge on any atom is 0.241 e. The van der Waals surface area contributed by atoms with Crippen molar-refractivity contribution >= 4 is 39.9 Å². The summed E-state index contributed by atoms with van der Waals surface area (Å²) in [6.45, 7) is 2.10. The van der Waals surface area contributed by atoms with E-state index in [1.165, 1.54) is 29.5 Å². The first-order valence-electron chi connectivity index (χ1n) is 11.7. The topological polar surface area (TPSA) is 46.1 Å². The predicted molar refractivity (Wildman–Crippen MR) is 145 cm³/mol. The molecule has 0 fully saturated rings. The van der Waals surface area contributed by atoms with Crippen molar-refractivity contribution < 1.29 is 9.18 Å². The third-order valence-corrected chi connectivity index (χ3v) is 6.82. The zero-order valence-corrected chi connectivity index (χ0v) is 20.6. The number of fused-ring (bicyclic) bond motifs is 1. The first kappa shape index (κ1) is 23.7. The van der Waals surface area contributed by atoms with Crippen molar-refractivity contribution in [2.45, 2.75) is 18.4 Å². The molecule has 0 atom stereocenters. The van der Waals surface area contributed by atoms with Crippen LogP contribution in [0.5, 0.6) is 0 Å². The van der Waals surface area contributed by atoms with Crippen molar-refractivity contribution in [2.75, 3.05) is 10.7 Å². The highest BCUT2D eigenvalue weighted by Gasteiger charge is 2.20. The SMILES string of the molecule is CCc1ccc2nc(-c3ccc(F)cc3)nc(SCC(=O)N(c3ccccc3)c3ccccc3)c2c1. The third-order valence-electron chi connectivity index (χ3n) is 5.85. The number of para-hydroxylation sites is 2. The van der Waals surface area contributed by atoms with Crippen LogP contribution in [0.2, 0.25) is 0 Å². The number of aryl methyl sites for hydroxylation is 1. The van der Waals surface area contributed by atoms with E-state index in [4.69, 9.17) is 9.97 Å². The van der Waals surface area contributed by atoms with Gasteiger partial charge >= 0.3 is 0 Å². The van der Waals surface area contributed by atoms with Crippen molar-refractivity contribution in [1.29, 1.82) is 0 Å². The van der Waals surface area contributed by atoms with Crippen LogP contribution in [0.25, 0.3) is 22.3 Å². The zero-order valence-electron chi connectivity index (χ0n) is 19.8. The van der Waals surface area contributed by atoms with E-state index in [9.17, 15) is 9.18 Å². The molecule has 0 N–H and O–H groups in total. The van der Waals surface area contributed by atoms with Gasteiger partial charge in [0.1, 0.15) is 10.8 Å². The van der Waals surface area contributed by atoms with Gasteiger partial charge in [-0.05, 0) is 72.6 Å². The summed E-state index contributed by atoms with van der Waals surface area (Å²) in [5.74, 6) is 0.327. The number of halogens is 1. The molecule has 178 valence electrons. The van der Waals surface area contributed by atoms with Crippen LogP contribution in [-0.4, -0.2) is 21.6 Å². The number of thioether (sulfide) groups is 1. The summed E-state index contributed by atoms with van der Waals surface area (Å²) < 4.78 is 13.5. The first-order chi connectivity index (χ1) is 17.6. The summed E-state index contributed by atoms with van der Waals surface area (Å²) in [5.41, 5.74) is 4.30. The van der Waals surface area contributed by atoms with E-state index in [-0.39, 0.29) is 17.5 Å². The van der Waals surface area contributed by atoms with Crippen molar-refractivity contribution in [2.24, 2.45) is 0 Å². The molecule has 4 nitrogen and oxygen atoms in total. The second kappa shape index (κ2) is 10.7. The van der Waals surface area contributed by atoms with Crippen LogP contribution in [0.4, 0.5) is 15.8 Å². The molecule has 1 aromatic heterocycles. The van der Waals surface area contributed by atoms with Gasteiger partial charge in [0.15, 0.2) is 5.82 Å². The summed E-state index contributed by atoms with van der Waals surface area (Å²) in [6.07, 6.45) is 0.883. The minimum Gasteiger partial charge on any atom is -0.280 e. The van der Waals surface area contributed by atoms with Gasteiger partial charge in [-0.3, -0.25) is 9.69 Å². The van der Waals surface area contributed by atoms with E-state index in [1.807, 2.05) is 66.7 Å². The molecule has 1 heterocycles. The third kappa shape index (κ3) is 5.14. The van der Waals surface area contributed by atoms with Crippen molar-refractivity contribution in [1.82, 2.24) is 9.97 Å². The summed E-state index contributed by atoms with van der Waals surface area (Å²) in [4.78, 5) is 24.9. The highest BCUT2D eigenvalue weighted by Crippen LogP contribution is 2.32. The van der Waals surface area contributed by atoms with Crippen LogP contribution in [0, 0.1) is 5.82 Å². The number of rotatable bonds is 7. The maximum absolute atomic E-state index is 13.6. The van der Waals surface area contributed by atoms with Gasteiger partial charge in [-0.2, -0.15) is 0 Å². The summed E-state index contributed by atoms with van der Waals surface area (Å²) in [5, 5.41) is 1.63. The van der Waals surface area contributed by atoms with Gasteiger partial charge in [0, 0.05) is 22.3 Å². The summed E-state index contributed by atoms with van der Waals surface area (Å²) in [7, 11) is 0. The molecule has 0 bridgehead atoms. The molecule has 5 aromatic rings. The number of amides is 1. The lowest BCUT2D eigenvalue weighted by Gasteiger charge is -2.23. The molecule has 6 heteroatoms. The van der Waals surface area contributed by atoms with Crippen LogP contribution in [-0.2, 0) is 11.2 Å². The van der Waals surface area contributed by atoms with E-state index in [0.717, 1.165) is 39.3 Å². The molecular formula is C30H24FN3OS. The minimum absolute atomic E-state index is 0.0564. The second-order valence-corrected chi connectivity index (χ2v) is 9.22. The quantitative estimate of drug-likeness (QED) is 0.174. The number of nitrogens with zero attached hydrogens (tertiary/aromatic N) is 3. The Hall–Kier alpha value is -4.03. The van der Waals surface area contributed by atoms with E-state index in [1.54, 1.807) is 17.0 Å². The second-order valence-electron chi connectivity index (χ2n) is 8.25. The number of aromatic nitrogens is 2. The zero-order chi connectivity index (χ0) is 24.9. The molecule has 0 aliphatic carbocycles. The molecule has 4 aromatic carbocycles. The summed E-state index contributed by atoms with van der Waals surface area (Å²) >= 11 is 1.39. The average molecular weight is 494 g/mol. The highest BCUT2D eigenvalue weighted by molar-refractivity contribution is 8.00. The van der Waals surface area contributed by atoms with Crippen molar-refractivity contribution in [3.8, 4) is 11.4 Å². The molecule has 0 unspecified atom stereocenters. The Balaban J connectivity index is 1.51. The van der Waals surface area contributed by atoms with Crippen LogP contribution >= 0.6 is 11.8 Å². The lowest BCUT2D eigenvalue weighted by molar-refractivity contribution is -0.115. The molecule has 0 spiro atoms. The highest BCUT2D eigenvalue weighted by atomic mass is 32.2. The van der Waals surface area contributed by atoms with Crippen molar-refractivity contribution in [3.05, 3.63) is 115 Å². The average Bonchev–Trinajstić information content (AvgIpc) is 2.93. The molecule has 1 amide bonds. The smallest absolute Gasteiger partial charge is 0.241 e. The number of hydrogen-bond donors (Lipinski definition) is 0. The number of carbonyl (C=O) groups excluding carboxylic acids is 1. The Bertz CT molecular complexity index is 1450. The fraction of sp³-hybridized carbons (Fsp3) is 0.100. The fourth-order valence-electron chi connectivity index (χ4n) is 3.99. The molecular weight excluding hydrogens is 469 g/mol. The Kier molecular flexibility index (Phi) is 7.05. The Morgan fingerprint density at radius 3 is 2.08 bits per heavy atom. The normalized spacial score (nSPS) is 10.9.